The molecule has 1 N–H and O–H groups in total. The monoisotopic (exact) mass is 470 g/mol. The van der Waals surface area contributed by atoms with E-state index in [9.17, 15) is 19.1 Å². The molecule has 0 unspecified atom stereocenters. The van der Waals surface area contributed by atoms with Gasteiger partial charge in [-0.1, -0.05) is 12.6 Å². The average Bonchev–Trinajstić information content (AvgIpc) is 3.32. The van der Waals surface area contributed by atoms with Crippen LogP contribution in [-0.2, 0) is 4.79 Å². The van der Waals surface area contributed by atoms with Gasteiger partial charge in [0, 0.05) is 32.7 Å². The van der Waals surface area contributed by atoms with Crippen LogP contribution in [0.25, 0.3) is 11.3 Å². The molecule has 2 amide bonds. The molecule has 8 nitrogen and oxygen atoms in total. The summed E-state index contributed by atoms with van der Waals surface area (Å²) in [6.07, 6.45) is 2.95. The number of phenols is 1. The number of hydrogen-bond donors (Lipinski definition) is 1. The van der Waals surface area contributed by atoms with Gasteiger partial charge in [-0.2, -0.15) is 0 Å². The van der Waals surface area contributed by atoms with Crippen LogP contribution in [0.3, 0.4) is 0 Å². The van der Waals surface area contributed by atoms with E-state index >= 15 is 4.39 Å². The Morgan fingerprint density at radius 1 is 1.18 bits per heavy atom. The molecule has 34 heavy (non-hydrogen) atoms. The van der Waals surface area contributed by atoms with Crippen LogP contribution in [0.5, 0.6) is 11.5 Å². The smallest absolute Gasteiger partial charge is 0.262 e. The first-order valence-corrected chi connectivity index (χ1v) is 11.2. The number of pyridine rings is 1. The van der Waals surface area contributed by atoms with Gasteiger partial charge in [0.1, 0.15) is 35.2 Å². The maximum absolute atomic E-state index is 15.8. The van der Waals surface area contributed by atoms with Crippen molar-refractivity contribution in [2.45, 2.75) is 18.9 Å². The molecule has 10 heteroatoms. The van der Waals surface area contributed by atoms with Gasteiger partial charge >= 0.3 is 0 Å². The third-order valence-corrected chi connectivity index (χ3v) is 6.57. The minimum atomic E-state index is -1.01. The Morgan fingerprint density at radius 2 is 1.94 bits per heavy atom. The van der Waals surface area contributed by atoms with E-state index in [0.717, 1.165) is 18.9 Å². The average molecular weight is 470 g/mol. The van der Waals surface area contributed by atoms with Gasteiger partial charge in [0.2, 0.25) is 5.91 Å². The maximum atomic E-state index is 15.8. The van der Waals surface area contributed by atoms with E-state index in [1.54, 1.807) is 9.80 Å². The first-order chi connectivity index (χ1) is 16.4. The SMILES string of the molecule is C=CC(=O)N1CCN2C(=O)c3c(N4CCCC4)nc(-c4c(O)cccc4F)c(F)c3OC[C@H]2C1. The summed E-state index contributed by atoms with van der Waals surface area (Å²) in [5, 5.41) is 10.3. The number of halogens is 2. The number of phenolic OH excluding ortho intramolecular Hbond substituents is 1. The number of fused-ring (bicyclic) bond motifs is 2. The fraction of sp³-hybridized carbons (Fsp3) is 0.375. The van der Waals surface area contributed by atoms with Crippen LogP contribution in [-0.4, -0.2) is 77.1 Å². The molecule has 3 aliphatic rings. The summed E-state index contributed by atoms with van der Waals surface area (Å²) < 4.78 is 36.3. The molecule has 0 spiro atoms. The number of aromatic hydroxyl groups is 1. The molecule has 4 heterocycles. The van der Waals surface area contributed by atoms with Crippen molar-refractivity contribution >= 4 is 17.6 Å². The van der Waals surface area contributed by atoms with Crippen molar-refractivity contribution in [2.75, 3.05) is 44.2 Å². The molecule has 0 radical (unpaired) electrons. The van der Waals surface area contributed by atoms with Crippen molar-refractivity contribution in [3.8, 4) is 22.8 Å². The minimum absolute atomic E-state index is 0.00928. The lowest BCUT2D eigenvalue weighted by Crippen LogP contribution is -2.57. The Labute approximate surface area is 195 Å². The Bertz CT molecular complexity index is 1160. The predicted molar refractivity (Wildman–Crippen MR) is 120 cm³/mol. The number of anilines is 1. The van der Waals surface area contributed by atoms with Gasteiger partial charge < -0.3 is 24.5 Å². The lowest BCUT2D eigenvalue weighted by atomic mass is 10.0. The maximum Gasteiger partial charge on any atom is 0.262 e. The fourth-order valence-electron chi connectivity index (χ4n) is 4.85. The number of hydrogen-bond acceptors (Lipinski definition) is 6. The molecule has 5 rings (SSSR count). The molecule has 178 valence electrons. The molecule has 2 fully saturated rings. The topological polar surface area (TPSA) is 86.2 Å². The Hall–Kier alpha value is -3.69. The van der Waals surface area contributed by atoms with Gasteiger partial charge in [0.25, 0.3) is 5.91 Å². The normalized spacial score (nSPS) is 19.9. The lowest BCUT2D eigenvalue weighted by Gasteiger charge is -2.39. The first kappa shape index (κ1) is 22.1. The number of ether oxygens (including phenoxy) is 1. The molecule has 3 aliphatic heterocycles. The number of rotatable bonds is 3. The molecule has 1 atom stereocenters. The fourth-order valence-corrected chi connectivity index (χ4v) is 4.85. The summed E-state index contributed by atoms with van der Waals surface area (Å²) >= 11 is 0. The van der Waals surface area contributed by atoms with Gasteiger partial charge in [0.05, 0.1) is 11.6 Å². The molecule has 0 bridgehead atoms. The van der Waals surface area contributed by atoms with E-state index < -0.39 is 35.0 Å². The van der Waals surface area contributed by atoms with Crippen LogP contribution in [0.4, 0.5) is 14.6 Å². The van der Waals surface area contributed by atoms with Gasteiger partial charge in [-0.3, -0.25) is 9.59 Å². The van der Waals surface area contributed by atoms with Crippen LogP contribution in [0, 0.1) is 11.6 Å². The third-order valence-electron chi connectivity index (χ3n) is 6.57. The second kappa shape index (κ2) is 8.58. The highest BCUT2D eigenvalue weighted by atomic mass is 19.1. The molecule has 1 aromatic heterocycles. The molecule has 2 saturated heterocycles. The van der Waals surface area contributed by atoms with E-state index in [2.05, 4.69) is 11.6 Å². The van der Waals surface area contributed by atoms with Crippen LogP contribution in [0.1, 0.15) is 23.2 Å². The first-order valence-electron chi connectivity index (χ1n) is 11.2. The summed E-state index contributed by atoms with van der Waals surface area (Å²) in [6, 6.07) is 3.17. The third kappa shape index (κ3) is 3.53. The zero-order valence-electron chi connectivity index (χ0n) is 18.5. The van der Waals surface area contributed by atoms with Crippen LogP contribution in [0.2, 0.25) is 0 Å². The summed E-state index contributed by atoms with van der Waals surface area (Å²) in [4.78, 5) is 35.2. The van der Waals surface area contributed by atoms with E-state index in [4.69, 9.17) is 4.74 Å². The highest BCUT2D eigenvalue weighted by Crippen LogP contribution is 2.42. The Morgan fingerprint density at radius 3 is 2.65 bits per heavy atom. The van der Waals surface area contributed by atoms with E-state index in [1.807, 2.05) is 4.90 Å². The lowest BCUT2D eigenvalue weighted by molar-refractivity contribution is -0.128. The Kier molecular flexibility index (Phi) is 5.59. The van der Waals surface area contributed by atoms with Crippen molar-refractivity contribution in [3.63, 3.8) is 0 Å². The summed E-state index contributed by atoms with van der Waals surface area (Å²) in [7, 11) is 0. The van der Waals surface area contributed by atoms with Gasteiger partial charge in [-0.15, -0.1) is 0 Å². The van der Waals surface area contributed by atoms with Crippen molar-refractivity contribution in [2.24, 2.45) is 0 Å². The highest BCUT2D eigenvalue weighted by molar-refractivity contribution is 6.03. The summed E-state index contributed by atoms with van der Waals surface area (Å²) in [6.45, 7) is 5.45. The highest BCUT2D eigenvalue weighted by Gasteiger charge is 2.41. The van der Waals surface area contributed by atoms with Gasteiger partial charge in [0.15, 0.2) is 11.6 Å². The molecular weight excluding hydrogens is 446 g/mol. The molecule has 2 aromatic rings. The molecular formula is C24H24F2N4O4. The number of piperazine rings is 1. The van der Waals surface area contributed by atoms with Gasteiger partial charge in [-0.05, 0) is 31.1 Å². The van der Waals surface area contributed by atoms with E-state index in [-0.39, 0.29) is 48.3 Å². The number of aromatic nitrogens is 1. The van der Waals surface area contributed by atoms with Crippen LogP contribution in [0.15, 0.2) is 30.9 Å². The Balaban J connectivity index is 1.65. The van der Waals surface area contributed by atoms with Crippen LogP contribution >= 0.6 is 0 Å². The second-order valence-corrected chi connectivity index (χ2v) is 8.58. The standard InChI is InChI=1S/C24H24F2N4O4/c1-2-17(32)29-10-11-30-14(12-29)13-34-22-19(24(30)33)23(28-8-3-4-9-28)27-21(20(22)26)18-15(25)6-5-7-16(18)31/h2,5-7,14,31H,1,3-4,8-13H2/t14-/m1/s1. The van der Waals surface area contributed by atoms with Crippen molar-refractivity contribution in [1.29, 1.82) is 0 Å². The predicted octanol–water partition coefficient (Wildman–Crippen LogP) is 2.56. The molecule has 0 aliphatic carbocycles. The zero-order valence-corrected chi connectivity index (χ0v) is 18.5. The van der Waals surface area contributed by atoms with Crippen molar-refractivity contribution < 1.29 is 28.2 Å². The van der Waals surface area contributed by atoms with Crippen LogP contribution < -0.4 is 9.64 Å². The van der Waals surface area contributed by atoms with Crippen molar-refractivity contribution in [1.82, 2.24) is 14.8 Å². The summed E-state index contributed by atoms with van der Waals surface area (Å²) in [5.74, 6) is -3.11. The number of carbonyl (C=O) groups is 2. The van der Waals surface area contributed by atoms with E-state index in [0.29, 0.717) is 19.6 Å². The molecule has 0 saturated carbocycles. The minimum Gasteiger partial charge on any atom is -0.507 e. The largest absolute Gasteiger partial charge is 0.507 e. The summed E-state index contributed by atoms with van der Waals surface area (Å²) in [5.41, 5.74) is -0.804. The zero-order chi connectivity index (χ0) is 24.0. The van der Waals surface area contributed by atoms with Gasteiger partial charge in [-0.25, -0.2) is 13.8 Å². The number of amides is 2. The quantitative estimate of drug-likeness (QED) is 0.694. The number of nitrogens with zero attached hydrogens (tertiary/aromatic N) is 4. The second-order valence-electron chi connectivity index (χ2n) is 8.58. The van der Waals surface area contributed by atoms with Crippen molar-refractivity contribution in [3.05, 3.63) is 48.1 Å². The molecule has 1 aromatic carbocycles. The number of benzene rings is 1. The van der Waals surface area contributed by atoms with E-state index in [1.165, 1.54) is 18.2 Å². The number of carbonyl (C=O) groups excluding carboxylic acids is 2.